The van der Waals surface area contributed by atoms with Crippen LogP contribution in [-0.2, 0) is 12.7 Å². The van der Waals surface area contributed by atoms with Gasteiger partial charge in [-0.1, -0.05) is 35.7 Å². The highest BCUT2D eigenvalue weighted by Gasteiger charge is 2.34. The Bertz CT molecular complexity index is 1630. The highest BCUT2D eigenvalue weighted by atomic mass is 35.5. The molecule has 0 atom stereocenters. The number of benzene rings is 2. The van der Waals surface area contributed by atoms with Crippen molar-refractivity contribution < 1.29 is 18.0 Å². The van der Waals surface area contributed by atoms with Gasteiger partial charge in [0.25, 0.3) is 5.91 Å². The lowest BCUT2D eigenvalue weighted by Gasteiger charge is -2.33. The Balaban J connectivity index is 1.36. The third kappa shape index (κ3) is 6.12. The number of fused-ring (bicyclic) bond motifs is 1. The molecule has 0 spiro atoms. The predicted molar refractivity (Wildman–Crippen MR) is 147 cm³/mol. The van der Waals surface area contributed by atoms with Gasteiger partial charge in [-0.15, -0.1) is 10.2 Å². The Hall–Kier alpha value is -3.91. The molecule has 11 heteroatoms. The lowest BCUT2D eigenvalue weighted by Crippen LogP contribution is -2.44. The van der Waals surface area contributed by atoms with Gasteiger partial charge in [-0.05, 0) is 67.4 Å². The molecule has 1 aliphatic rings. The maximum Gasteiger partial charge on any atom is 0.416 e. The second kappa shape index (κ2) is 11.3. The zero-order valence-electron chi connectivity index (χ0n) is 21.9. The van der Waals surface area contributed by atoms with E-state index < -0.39 is 17.6 Å². The molecule has 4 aromatic rings. The predicted octanol–water partition coefficient (Wildman–Crippen LogP) is 5.11. The van der Waals surface area contributed by atoms with Crippen molar-refractivity contribution in [3.05, 3.63) is 93.4 Å². The highest BCUT2D eigenvalue weighted by molar-refractivity contribution is 6.29. The number of nitrogens with one attached hydrogen (secondary N) is 1. The maximum absolute atomic E-state index is 14.0. The molecule has 206 valence electrons. The molecule has 1 fully saturated rings. The molecular formula is C29H26ClF3N6O. The van der Waals surface area contributed by atoms with E-state index >= 15 is 0 Å². The van der Waals surface area contributed by atoms with Crippen LogP contribution in [0.1, 0.15) is 38.4 Å². The number of rotatable bonds is 4. The van der Waals surface area contributed by atoms with Crippen LogP contribution in [0.2, 0.25) is 5.15 Å². The normalized spacial score (nSPS) is 14.7. The van der Waals surface area contributed by atoms with E-state index in [-0.39, 0.29) is 23.4 Å². The van der Waals surface area contributed by atoms with E-state index in [1.807, 2.05) is 18.9 Å². The molecule has 1 N–H and O–H groups in total. The summed E-state index contributed by atoms with van der Waals surface area (Å²) in [7, 11) is 1.99. The summed E-state index contributed by atoms with van der Waals surface area (Å²) in [6.07, 6.45) is -4.55. The fourth-order valence-corrected chi connectivity index (χ4v) is 4.75. The van der Waals surface area contributed by atoms with Crippen LogP contribution >= 0.6 is 11.6 Å². The van der Waals surface area contributed by atoms with Crippen LogP contribution in [0, 0.1) is 18.8 Å². The number of amides is 1. The molecule has 2 aromatic carbocycles. The first-order valence-electron chi connectivity index (χ1n) is 12.6. The van der Waals surface area contributed by atoms with Crippen molar-refractivity contribution in [2.45, 2.75) is 19.6 Å². The SMILES string of the molecule is Cc1ccc(C(=O)Nc2ccc(CN3CCN(C)CC3)c(C(F)(F)F)c2)cc1C#Cc1nnc2cccc(Cl)n12. The summed E-state index contributed by atoms with van der Waals surface area (Å²) in [5, 5.41) is 11.1. The van der Waals surface area contributed by atoms with Gasteiger partial charge in [-0.2, -0.15) is 13.2 Å². The van der Waals surface area contributed by atoms with Gasteiger partial charge in [-0.3, -0.25) is 14.1 Å². The molecule has 1 saturated heterocycles. The lowest BCUT2D eigenvalue weighted by atomic mass is 10.0. The largest absolute Gasteiger partial charge is 0.416 e. The Morgan fingerprint density at radius 2 is 1.80 bits per heavy atom. The van der Waals surface area contributed by atoms with Crippen LogP contribution < -0.4 is 5.32 Å². The van der Waals surface area contributed by atoms with Crippen LogP contribution in [-0.4, -0.2) is 63.5 Å². The fourth-order valence-electron chi connectivity index (χ4n) is 4.51. The standard InChI is InChI=1S/C29H26ClF3N6O/c1-19-6-7-21(16-20(19)9-11-27-36-35-26-5-3-4-25(30)39(26)27)28(40)34-23-10-8-22(24(17-23)29(31,32)33)18-38-14-12-37(2)13-15-38/h3-8,10,16-17H,12-15,18H2,1-2H3,(H,34,40). The van der Waals surface area contributed by atoms with Crippen LogP contribution in [0.3, 0.4) is 0 Å². The molecule has 40 heavy (non-hydrogen) atoms. The average molecular weight is 567 g/mol. The zero-order chi connectivity index (χ0) is 28.4. The summed E-state index contributed by atoms with van der Waals surface area (Å²) < 4.78 is 43.5. The van der Waals surface area contributed by atoms with E-state index in [0.29, 0.717) is 35.3 Å². The number of aryl methyl sites for hydroxylation is 1. The molecule has 0 saturated carbocycles. The first-order chi connectivity index (χ1) is 19.1. The number of halogens is 4. The third-order valence-corrected chi connectivity index (χ3v) is 7.15. The van der Waals surface area contributed by atoms with Crippen LogP contribution in [0.5, 0.6) is 0 Å². The molecule has 1 aliphatic heterocycles. The first-order valence-corrected chi connectivity index (χ1v) is 13.0. The van der Waals surface area contributed by atoms with Crippen molar-refractivity contribution in [2.75, 3.05) is 38.5 Å². The summed E-state index contributed by atoms with van der Waals surface area (Å²) >= 11 is 6.25. The minimum atomic E-state index is -4.55. The van der Waals surface area contributed by atoms with E-state index in [2.05, 4.69) is 32.3 Å². The Morgan fingerprint density at radius 3 is 2.55 bits per heavy atom. The van der Waals surface area contributed by atoms with Crippen molar-refractivity contribution in [1.82, 2.24) is 24.4 Å². The molecule has 0 aliphatic carbocycles. The summed E-state index contributed by atoms with van der Waals surface area (Å²) in [6.45, 7) is 5.05. The first kappa shape index (κ1) is 27.6. The second-order valence-electron chi connectivity index (χ2n) is 9.75. The molecular weight excluding hydrogens is 541 g/mol. The Kier molecular flexibility index (Phi) is 7.81. The van der Waals surface area contributed by atoms with Gasteiger partial charge in [0.05, 0.1) is 5.56 Å². The van der Waals surface area contributed by atoms with Crippen LogP contribution in [0.4, 0.5) is 18.9 Å². The summed E-state index contributed by atoms with van der Waals surface area (Å²) in [5.41, 5.74) is 1.69. The van der Waals surface area contributed by atoms with Gasteiger partial charge < -0.3 is 10.2 Å². The molecule has 3 heterocycles. The van der Waals surface area contributed by atoms with Crippen molar-refractivity contribution in [1.29, 1.82) is 0 Å². The highest BCUT2D eigenvalue weighted by Crippen LogP contribution is 2.34. The van der Waals surface area contributed by atoms with Crippen molar-refractivity contribution >= 4 is 28.8 Å². The molecule has 2 aromatic heterocycles. The molecule has 0 bridgehead atoms. The van der Waals surface area contributed by atoms with E-state index in [9.17, 15) is 18.0 Å². The lowest BCUT2D eigenvalue weighted by molar-refractivity contribution is -0.138. The number of nitrogens with zero attached hydrogens (tertiary/aromatic N) is 5. The topological polar surface area (TPSA) is 65.8 Å². The Morgan fingerprint density at radius 1 is 1.02 bits per heavy atom. The quantitative estimate of drug-likeness (QED) is 0.275. The average Bonchev–Trinajstić information content (AvgIpc) is 3.34. The number of carbonyl (C=O) groups excluding carboxylic acids is 1. The maximum atomic E-state index is 14.0. The summed E-state index contributed by atoms with van der Waals surface area (Å²) in [6, 6.07) is 14.1. The fraction of sp³-hybridized carbons (Fsp3) is 0.276. The van der Waals surface area contributed by atoms with Crippen molar-refractivity contribution in [3.8, 4) is 11.8 Å². The summed E-state index contributed by atoms with van der Waals surface area (Å²) in [4.78, 5) is 17.2. The monoisotopic (exact) mass is 566 g/mol. The summed E-state index contributed by atoms with van der Waals surface area (Å²) in [5.74, 6) is 5.74. The third-order valence-electron chi connectivity index (χ3n) is 6.85. The van der Waals surface area contributed by atoms with Gasteiger partial charge in [0, 0.05) is 49.5 Å². The van der Waals surface area contributed by atoms with Gasteiger partial charge in [0.15, 0.2) is 5.65 Å². The van der Waals surface area contributed by atoms with Gasteiger partial charge in [-0.25, -0.2) is 0 Å². The molecule has 5 rings (SSSR count). The van der Waals surface area contributed by atoms with E-state index in [1.54, 1.807) is 40.8 Å². The number of anilines is 1. The second-order valence-corrected chi connectivity index (χ2v) is 10.1. The smallest absolute Gasteiger partial charge is 0.322 e. The number of hydrogen-bond acceptors (Lipinski definition) is 5. The number of hydrogen-bond donors (Lipinski definition) is 1. The Labute approximate surface area is 234 Å². The van der Waals surface area contributed by atoms with E-state index in [4.69, 9.17) is 11.6 Å². The van der Waals surface area contributed by atoms with Crippen molar-refractivity contribution in [2.24, 2.45) is 0 Å². The van der Waals surface area contributed by atoms with Gasteiger partial charge in [0.1, 0.15) is 5.15 Å². The zero-order valence-corrected chi connectivity index (χ0v) is 22.6. The molecule has 1 amide bonds. The van der Waals surface area contributed by atoms with Gasteiger partial charge >= 0.3 is 6.18 Å². The van der Waals surface area contributed by atoms with E-state index in [0.717, 1.165) is 24.7 Å². The number of alkyl halides is 3. The number of piperazine rings is 1. The molecule has 0 unspecified atom stereocenters. The van der Waals surface area contributed by atoms with Crippen LogP contribution in [0.25, 0.3) is 5.65 Å². The van der Waals surface area contributed by atoms with Gasteiger partial charge in [0.2, 0.25) is 5.82 Å². The minimum Gasteiger partial charge on any atom is -0.322 e. The molecule has 7 nitrogen and oxygen atoms in total. The number of carbonyl (C=O) groups is 1. The number of likely N-dealkylation sites (N-methyl/N-ethyl adjacent to an activating group) is 1. The minimum absolute atomic E-state index is 0.0669. The molecule has 0 radical (unpaired) electrons. The van der Waals surface area contributed by atoms with Crippen molar-refractivity contribution in [3.63, 3.8) is 0 Å². The van der Waals surface area contributed by atoms with Crippen LogP contribution in [0.15, 0.2) is 54.6 Å². The number of aromatic nitrogens is 3. The number of pyridine rings is 1. The van der Waals surface area contributed by atoms with E-state index in [1.165, 1.54) is 12.1 Å².